The molecule has 1 aromatic carbocycles. The molecule has 0 bridgehead atoms. The Labute approximate surface area is 150 Å². The first kappa shape index (κ1) is 18.8. The molecule has 0 atom stereocenters. The molecule has 0 radical (unpaired) electrons. The number of nitrogens with zero attached hydrogens (tertiary/aromatic N) is 3. The van der Waals surface area contributed by atoms with Gasteiger partial charge in [0.2, 0.25) is 5.82 Å². The molecule has 3 rings (SSSR count). The van der Waals surface area contributed by atoms with E-state index in [0.29, 0.717) is 17.9 Å². The molecule has 1 aliphatic rings. The second-order valence-electron chi connectivity index (χ2n) is 6.05. The van der Waals surface area contributed by atoms with Crippen molar-refractivity contribution in [2.45, 2.75) is 25.7 Å². The van der Waals surface area contributed by atoms with Crippen LogP contribution in [0.3, 0.4) is 0 Å². The first-order chi connectivity index (χ1) is 12.7. The number of alkyl halides is 3. The van der Waals surface area contributed by atoms with Crippen LogP contribution in [0.15, 0.2) is 23.0 Å². The third-order valence-electron chi connectivity index (χ3n) is 4.29. The lowest BCUT2D eigenvalue weighted by Crippen LogP contribution is -2.36. The van der Waals surface area contributed by atoms with Crippen molar-refractivity contribution in [3.8, 4) is 5.75 Å². The highest BCUT2D eigenvalue weighted by atomic mass is 19.4. The third kappa shape index (κ3) is 3.92. The Bertz CT molecular complexity index is 942. The Morgan fingerprint density at radius 3 is 2.78 bits per heavy atom. The summed E-state index contributed by atoms with van der Waals surface area (Å²) in [6.45, 7) is 0.628. The highest BCUT2D eigenvalue weighted by molar-refractivity contribution is 5.43. The number of aromatic amines is 1. The SMILES string of the molecule is COc1ccc([N+](=O)[O-])cc1CN1CCc2c(nc(C(F)(F)F)[nH]c2=O)C1. The Morgan fingerprint density at radius 2 is 2.15 bits per heavy atom. The van der Waals surface area contributed by atoms with Crippen LogP contribution in [0.2, 0.25) is 0 Å². The summed E-state index contributed by atoms with van der Waals surface area (Å²) in [6.07, 6.45) is -4.52. The smallest absolute Gasteiger partial charge is 0.449 e. The number of hydrogen-bond donors (Lipinski definition) is 1. The molecule has 0 unspecified atom stereocenters. The first-order valence-corrected chi connectivity index (χ1v) is 7.92. The van der Waals surface area contributed by atoms with Gasteiger partial charge in [-0.3, -0.25) is 19.8 Å². The van der Waals surface area contributed by atoms with Crippen LogP contribution in [0.4, 0.5) is 18.9 Å². The van der Waals surface area contributed by atoms with Crippen LogP contribution in [0.5, 0.6) is 5.75 Å². The number of nitro benzene ring substituents is 1. The van der Waals surface area contributed by atoms with Crippen molar-refractivity contribution >= 4 is 5.69 Å². The van der Waals surface area contributed by atoms with E-state index in [1.54, 1.807) is 9.88 Å². The summed E-state index contributed by atoms with van der Waals surface area (Å²) in [5, 5.41) is 11.0. The molecular formula is C16H15F3N4O4. The number of non-ortho nitro benzene ring substituents is 1. The number of fused-ring (bicyclic) bond motifs is 1. The molecule has 27 heavy (non-hydrogen) atoms. The molecular weight excluding hydrogens is 369 g/mol. The standard InChI is InChI=1S/C16H15F3N4O4/c1-27-13-3-2-10(23(25)26)6-9(13)7-22-5-4-11-12(8-22)20-15(16(17,18)19)21-14(11)24/h2-3,6H,4-5,7-8H2,1H3,(H,20,21,24). The maximum atomic E-state index is 12.9. The topological polar surface area (TPSA) is 101 Å². The number of aromatic nitrogens is 2. The van der Waals surface area contributed by atoms with Gasteiger partial charge in [-0.15, -0.1) is 0 Å². The van der Waals surface area contributed by atoms with Crippen LogP contribution < -0.4 is 10.3 Å². The van der Waals surface area contributed by atoms with Gasteiger partial charge in [-0.25, -0.2) is 4.98 Å². The van der Waals surface area contributed by atoms with E-state index in [9.17, 15) is 28.1 Å². The van der Waals surface area contributed by atoms with Gasteiger partial charge in [0.1, 0.15) is 5.75 Å². The number of H-pyrrole nitrogens is 1. The minimum absolute atomic E-state index is 0.0220. The zero-order valence-corrected chi connectivity index (χ0v) is 14.2. The van der Waals surface area contributed by atoms with Crippen LogP contribution in [-0.2, 0) is 25.7 Å². The molecule has 144 valence electrons. The number of hydrogen-bond acceptors (Lipinski definition) is 6. The molecule has 1 aromatic heterocycles. The number of methoxy groups -OCH3 is 1. The summed E-state index contributed by atoms with van der Waals surface area (Å²) in [6, 6.07) is 4.14. The van der Waals surface area contributed by atoms with Crippen LogP contribution >= 0.6 is 0 Å². The Hall–Kier alpha value is -2.95. The van der Waals surface area contributed by atoms with Gasteiger partial charge in [-0.1, -0.05) is 0 Å². The van der Waals surface area contributed by atoms with Crippen molar-refractivity contribution in [2.75, 3.05) is 13.7 Å². The van der Waals surface area contributed by atoms with Gasteiger partial charge in [0.05, 0.1) is 17.7 Å². The third-order valence-corrected chi connectivity index (χ3v) is 4.29. The quantitative estimate of drug-likeness (QED) is 0.641. The van der Waals surface area contributed by atoms with Gasteiger partial charge in [0, 0.05) is 42.9 Å². The second-order valence-corrected chi connectivity index (χ2v) is 6.05. The van der Waals surface area contributed by atoms with Crippen LogP contribution in [0.25, 0.3) is 0 Å². The van der Waals surface area contributed by atoms with E-state index in [1.165, 1.54) is 25.3 Å². The lowest BCUT2D eigenvalue weighted by Gasteiger charge is -2.28. The molecule has 1 N–H and O–H groups in total. The molecule has 2 aromatic rings. The second kappa shape index (κ2) is 6.99. The van der Waals surface area contributed by atoms with Crippen LogP contribution in [0.1, 0.15) is 22.6 Å². The highest BCUT2D eigenvalue weighted by Crippen LogP contribution is 2.29. The van der Waals surface area contributed by atoms with E-state index in [0.717, 1.165) is 0 Å². The number of benzene rings is 1. The summed E-state index contributed by atoms with van der Waals surface area (Å²) in [5.41, 5.74) is -0.0972. The van der Waals surface area contributed by atoms with Crippen molar-refractivity contribution in [1.29, 1.82) is 0 Å². The fourth-order valence-electron chi connectivity index (χ4n) is 3.01. The maximum Gasteiger partial charge on any atom is 0.449 e. The summed E-state index contributed by atoms with van der Waals surface area (Å²) in [5.74, 6) is -0.901. The average molecular weight is 384 g/mol. The highest BCUT2D eigenvalue weighted by Gasteiger charge is 2.36. The predicted molar refractivity (Wildman–Crippen MR) is 87.3 cm³/mol. The van der Waals surface area contributed by atoms with E-state index in [1.807, 2.05) is 0 Å². The largest absolute Gasteiger partial charge is 0.496 e. The van der Waals surface area contributed by atoms with Gasteiger partial charge in [0.15, 0.2) is 0 Å². The van der Waals surface area contributed by atoms with E-state index in [2.05, 4.69) is 4.98 Å². The van der Waals surface area contributed by atoms with Gasteiger partial charge >= 0.3 is 6.18 Å². The van der Waals surface area contributed by atoms with Gasteiger partial charge in [-0.2, -0.15) is 13.2 Å². The number of halogens is 3. The number of rotatable bonds is 4. The summed E-state index contributed by atoms with van der Waals surface area (Å²) in [7, 11) is 1.42. The average Bonchev–Trinajstić information content (AvgIpc) is 2.60. The summed E-state index contributed by atoms with van der Waals surface area (Å²) in [4.78, 5) is 29.4. The van der Waals surface area contributed by atoms with Crippen molar-refractivity contribution in [2.24, 2.45) is 0 Å². The maximum absolute atomic E-state index is 12.9. The Kier molecular flexibility index (Phi) is 4.87. The minimum Gasteiger partial charge on any atom is -0.496 e. The number of nitrogens with one attached hydrogen (secondary N) is 1. The lowest BCUT2D eigenvalue weighted by atomic mass is 10.0. The molecule has 8 nitrogen and oxygen atoms in total. The molecule has 0 amide bonds. The fourth-order valence-corrected chi connectivity index (χ4v) is 3.01. The number of ether oxygens (including phenoxy) is 1. The van der Waals surface area contributed by atoms with E-state index in [-0.39, 0.29) is 36.5 Å². The molecule has 0 fully saturated rings. The molecule has 0 saturated heterocycles. The van der Waals surface area contributed by atoms with Gasteiger partial charge in [0.25, 0.3) is 11.2 Å². The van der Waals surface area contributed by atoms with Gasteiger partial charge in [-0.05, 0) is 12.5 Å². The number of nitro groups is 1. The molecule has 0 aliphatic carbocycles. The minimum atomic E-state index is -4.75. The molecule has 0 saturated carbocycles. The monoisotopic (exact) mass is 384 g/mol. The zero-order valence-electron chi connectivity index (χ0n) is 14.2. The molecule has 1 aliphatic heterocycles. The fraction of sp³-hybridized carbons (Fsp3) is 0.375. The summed E-state index contributed by atoms with van der Waals surface area (Å²) >= 11 is 0. The predicted octanol–water partition coefficient (Wildman–Crippen LogP) is 2.26. The molecule has 2 heterocycles. The first-order valence-electron chi connectivity index (χ1n) is 7.92. The zero-order chi connectivity index (χ0) is 19.8. The molecule has 0 spiro atoms. The summed E-state index contributed by atoms with van der Waals surface area (Å²) < 4.78 is 43.8. The van der Waals surface area contributed by atoms with E-state index < -0.39 is 22.5 Å². The van der Waals surface area contributed by atoms with E-state index in [4.69, 9.17) is 4.74 Å². The van der Waals surface area contributed by atoms with Crippen LogP contribution in [-0.4, -0.2) is 33.4 Å². The van der Waals surface area contributed by atoms with E-state index >= 15 is 0 Å². The lowest BCUT2D eigenvalue weighted by molar-refractivity contribution is -0.385. The van der Waals surface area contributed by atoms with Crippen molar-refractivity contribution in [1.82, 2.24) is 14.9 Å². The molecule has 11 heteroatoms. The van der Waals surface area contributed by atoms with Crippen LogP contribution in [0, 0.1) is 10.1 Å². The van der Waals surface area contributed by atoms with Crippen molar-refractivity contribution < 1.29 is 22.8 Å². The van der Waals surface area contributed by atoms with Crippen molar-refractivity contribution in [3.05, 3.63) is 61.3 Å². The Morgan fingerprint density at radius 1 is 1.41 bits per heavy atom. The Balaban J connectivity index is 1.89. The normalized spacial score (nSPS) is 14.7. The van der Waals surface area contributed by atoms with Gasteiger partial charge < -0.3 is 9.72 Å². The van der Waals surface area contributed by atoms with Crippen molar-refractivity contribution in [3.63, 3.8) is 0 Å².